The number of unbranched alkanes of at least 4 members (excludes halogenated alkanes) is 1. The summed E-state index contributed by atoms with van der Waals surface area (Å²) in [6.45, 7) is 8.48. The van der Waals surface area contributed by atoms with Gasteiger partial charge in [0.1, 0.15) is 0 Å². The maximum atomic E-state index is 12.5. The molecule has 1 amide bonds. The number of allylic oxidation sites excluding steroid dienone is 2. The lowest BCUT2D eigenvalue weighted by Gasteiger charge is -2.35. The first kappa shape index (κ1) is 22.4. The number of hydrogen-bond donors (Lipinski definition) is 0. The number of nitrogens with zero attached hydrogens (tertiary/aromatic N) is 2. The van der Waals surface area contributed by atoms with E-state index in [4.69, 9.17) is 0 Å². The fourth-order valence-corrected chi connectivity index (χ4v) is 4.34. The Bertz CT molecular complexity index is 757. The molecule has 0 unspecified atom stereocenters. The minimum absolute atomic E-state index is 0.0121. The second-order valence-corrected chi connectivity index (χ2v) is 8.94. The molecule has 0 atom stereocenters. The number of ketones is 2. The van der Waals surface area contributed by atoms with Gasteiger partial charge < -0.3 is 4.90 Å². The zero-order chi connectivity index (χ0) is 21.5. The number of amides is 1. The molecule has 30 heavy (non-hydrogen) atoms. The zero-order valence-corrected chi connectivity index (χ0v) is 18.3. The van der Waals surface area contributed by atoms with Crippen LogP contribution in [-0.2, 0) is 14.4 Å². The number of rotatable bonds is 7. The van der Waals surface area contributed by atoms with Crippen molar-refractivity contribution in [3.63, 3.8) is 0 Å². The minimum atomic E-state index is -0.0163. The van der Waals surface area contributed by atoms with E-state index in [-0.39, 0.29) is 23.4 Å². The molecular formula is C25H34N2O3. The summed E-state index contributed by atoms with van der Waals surface area (Å²) in [5.74, 6) is 0.641. The number of hydrogen-bond acceptors (Lipinski definition) is 4. The van der Waals surface area contributed by atoms with E-state index in [1.54, 1.807) is 0 Å². The Morgan fingerprint density at radius 2 is 1.67 bits per heavy atom. The molecule has 2 fully saturated rings. The van der Waals surface area contributed by atoms with Crippen LogP contribution < -0.4 is 0 Å². The quantitative estimate of drug-likeness (QED) is 0.392. The van der Waals surface area contributed by atoms with Gasteiger partial charge in [0.15, 0.2) is 11.6 Å². The van der Waals surface area contributed by atoms with E-state index in [0.717, 1.165) is 51.1 Å². The van der Waals surface area contributed by atoms with Crippen molar-refractivity contribution < 1.29 is 14.4 Å². The summed E-state index contributed by atoms with van der Waals surface area (Å²) in [6, 6.07) is 9.85. The molecule has 0 spiro atoms. The normalized spacial score (nSPS) is 20.7. The van der Waals surface area contributed by atoms with Gasteiger partial charge in [-0.3, -0.25) is 19.3 Å². The zero-order valence-electron chi connectivity index (χ0n) is 18.3. The molecule has 1 saturated carbocycles. The molecule has 1 aliphatic heterocycles. The van der Waals surface area contributed by atoms with Crippen LogP contribution in [0, 0.1) is 5.92 Å². The van der Waals surface area contributed by atoms with Crippen molar-refractivity contribution in [3.8, 4) is 0 Å². The Morgan fingerprint density at radius 3 is 2.27 bits per heavy atom. The summed E-state index contributed by atoms with van der Waals surface area (Å²) < 4.78 is 0. The number of piperazine rings is 1. The summed E-state index contributed by atoms with van der Waals surface area (Å²) in [5.41, 5.74) is 1.48. The van der Waals surface area contributed by atoms with Gasteiger partial charge in [0, 0.05) is 45.4 Å². The van der Waals surface area contributed by atoms with E-state index in [2.05, 4.69) is 18.7 Å². The first-order valence-corrected chi connectivity index (χ1v) is 11.3. The van der Waals surface area contributed by atoms with Gasteiger partial charge >= 0.3 is 0 Å². The highest BCUT2D eigenvalue weighted by Gasteiger charge is 2.30. The molecule has 5 nitrogen and oxygen atoms in total. The standard InChI is InChI=1S/C25H34N2O3/c1-19(2)16-25(30)27-14-12-26(13-15-27)11-7-6-10-22-23(28)17-21(18-24(22)29)20-8-4-3-5-9-20/h3-5,8-10,19,21H,6-7,11-18H2,1-2H3. The molecule has 162 valence electrons. The molecule has 3 rings (SSSR count). The van der Waals surface area contributed by atoms with Crippen LogP contribution in [-0.4, -0.2) is 60.0 Å². The summed E-state index contributed by atoms with van der Waals surface area (Å²) in [5, 5.41) is 0. The lowest BCUT2D eigenvalue weighted by atomic mass is 9.79. The number of benzene rings is 1. The topological polar surface area (TPSA) is 57.7 Å². The molecule has 1 aromatic rings. The first-order chi connectivity index (χ1) is 14.4. The van der Waals surface area contributed by atoms with Gasteiger partial charge in [0.05, 0.1) is 5.57 Å². The van der Waals surface area contributed by atoms with Crippen LogP contribution in [0.1, 0.15) is 57.4 Å². The van der Waals surface area contributed by atoms with Crippen LogP contribution in [0.15, 0.2) is 42.0 Å². The Morgan fingerprint density at radius 1 is 1.03 bits per heavy atom. The number of Topliss-reactive ketones (excluding diaryl/α,β-unsaturated/α-hetero) is 2. The van der Waals surface area contributed by atoms with E-state index in [0.29, 0.717) is 30.8 Å². The third-order valence-corrected chi connectivity index (χ3v) is 6.07. The van der Waals surface area contributed by atoms with Gasteiger partial charge in [-0.05, 0) is 36.8 Å². The van der Waals surface area contributed by atoms with Crippen molar-refractivity contribution in [2.24, 2.45) is 5.92 Å². The van der Waals surface area contributed by atoms with Crippen LogP contribution in [0.4, 0.5) is 0 Å². The van der Waals surface area contributed by atoms with E-state index in [1.807, 2.05) is 41.3 Å². The van der Waals surface area contributed by atoms with Crippen molar-refractivity contribution >= 4 is 17.5 Å². The second kappa shape index (κ2) is 10.7. The smallest absolute Gasteiger partial charge is 0.222 e. The van der Waals surface area contributed by atoms with Gasteiger partial charge in [0.25, 0.3) is 0 Å². The fourth-order valence-electron chi connectivity index (χ4n) is 4.34. The lowest BCUT2D eigenvalue weighted by molar-refractivity contribution is -0.133. The average Bonchev–Trinajstić information content (AvgIpc) is 2.73. The predicted molar refractivity (Wildman–Crippen MR) is 118 cm³/mol. The molecule has 1 heterocycles. The van der Waals surface area contributed by atoms with E-state index < -0.39 is 0 Å². The van der Waals surface area contributed by atoms with E-state index in [9.17, 15) is 14.4 Å². The fraction of sp³-hybridized carbons (Fsp3) is 0.560. The summed E-state index contributed by atoms with van der Waals surface area (Å²) >= 11 is 0. The maximum absolute atomic E-state index is 12.5. The molecule has 0 N–H and O–H groups in total. The molecular weight excluding hydrogens is 376 g/mol. The Kier molecular flexibility index (Phi) is 7.97. The van der Waals surface area contributed by atoms with Crippen molar-refractivity contribution in [1.29, 1.82) is 0 Å². The van der Waals surface area contributed by atoms with Gasteiger partial charge in [-0.15, -0.1) is 0 Å². The highest BCUT2D eigenvalue weighted by atomic mass is 16.2. The van der Waals surface area contributed by atoms with E-state index in [1.165, 1.54) is 0 Å². The lowest BCUT2D eigenvalue weighted by Crippen LogP contribution is -2.49. The Hall–Kier alpha value is -2.27. The monoisotopic (exact) mass is 410 g/mol. The maximum Gasteiger partial charge on any atom is 0.222 e. The Labute approximate surface area is 180 Å². The van der Waals surface area contributed by atoms with Crippen LogP contribution in [0.2, 0.25) is 0 Å². The highest BCUT2D eigenvalue weighted by Crippen LogP contribution is 2.31. The SMILES string of the molecule is CC(C)CC(=O)N1CCN(CCCC=C2C(=O)CC(c3ccccc3)CC2=O)CC1. The Balaban J connectivity index is 1.40. The van der Waals surface area contributed by atoms with E-state index >= 15 is 0 Å². The van der Waals surface area contributed by atoms with Crippen molar-refractivity contribution in [2.75, 3.05) is 32.7 Å². The minimum Gasteiger partial charge on any atom is -0.340 e. The molecule has 0 aromatic heterocycles. The molecule has 1 aliphatic carbocycles. The van der Waals surface area contributed by atoms with Crippen molar-refractivity contribution in [1.82, 2.24) is 9.80 Å². The largest absolute Gasteiger partial charge is 0.340 e. The predicted octanol–water partition coefficient (Wildman–Crippen LogP) is 3.60. The third-order valence-electron chi connectivity index (χ3n) is 6.07. The average molecular weight is 411 g/mol. The number of carbonyl (C=O) groups is 3. The second-order valence-electron chi connectivity index (χ2n) is 8.94. The van der Waals surface area contributed by atoms with Crippen molar-refractivity contribution in [3.05, 3.63) is 47.5 Å². The molecule has 1 saturated heterocycles. The molecule has 0 radical (unpaired) electrons. The highest BCUT2D eigenvalue weighted by molar-refractivity contribution is 6.22. The van der Waals surface area contributed by atoms with Gasteiger partial charge in [0.2, 0.25) is 5.91 Å². The van der Waals surface area contributed by atoms with Gasteiger partial charge in [-0.25, -0.2) is 0 Å². The summed E-state index contributed by atoms with van der Waals surface area (Å²) in [4.78, 5) is 41.6. The van der Waals surface area contributed by atoms with Gasteiger partial charge in [-0.1, -0.05) is 50.3 Å². The molecule has 5 heteroatoms. The first-order valence-electron chi connectivity index (χ1n) is 11.3. The number of carbonyl (C=O) groups excluding carboxylic acids is 3. The summed E-state index contributed by atoms with van der Waals surface area (Å²) in [7, 11) is 0. The molecule has 0 bridgehead atoms. The summed E-state index contributed by atoms with van der Waals surface area (Å²) in [6.07, 6.45) is 5.00. The molecule has 2 aliphatic rings. The van der Waals surface area contributed by atoms with Gasteiger partial charge in [-0.2, -0.15) is 0 Å². The third kappa shape index (κ3) is 6.11. The van der Waals surface area contributed by atoms with Crippen molar-refractivity contribution in [2.45, 2.75) is 51.9 Å². The molecule has 1 aromatic carbocycles. The van der Waals surface area contributed by atoms with Crippen LogP contribution in [0.25, 0.3) is 0 Å². The van der Waals surface area contributed by atoms with Crippen LogP contribution in [0.5, 0.6) is 0 Å². The van der Waals surface area contributed by atoms with Crippen LogP contribution >= 0.6 is 0 Å². The van der Waals surface area contributed by atoms with Crippen LogP contribution in [0.3, 0.4) is 0 Å².